The maximum Gasteiger partial charge on any atom is 0.573 e. The van der Waals surface area contributed by atoms with Crippen molar-refractivity contribution in [2.75, 3.05) is 5.84 Å². The molecule has 1 amide bonds. The van der Waals surface area contributed by atoms with Crippen LogP contribution in [-0.2, 0) is 0 Å². The number of carbonyl (C=O) groups is 1. The van der Waals surface area contributed by atoms with Gasteiger partial charge in [-0.2, -0.15) is 4.79 Å². The van der Waals surface area contributed by atoms with Gasteiger partial charge in [0.2, 0.25) is 5.82 Å². The van der Waals surface area contributed by atoms with E-state index in [0.717, 1.165) is 12.1 Å². The van der Waals surface area contributed by atoms with Gasteiger partial charge in [0, 0.05) is 16.7 Å². The van der Waals surface area contributed by atoms with Gasteiger partial charge < -0.3 is 16.3 Å². The first-order valence-corrected chi connectivity index (χ1v) is 7.32. The summed E-state index contributed by atoms with van der Waals surface area (Å²) in [5.74, 6) is 2.79. The number of carbonyl (C=O) groups excluding carboxylic acids is 1. The molecule has 0 unspecified atom stereocenters. The van der Waals surface area contributed by atoms with Gasteiger partial charge in [-0.3, -0.25) is 4.79 Å². The first-order valence-electron chi connectivity index (χ1n) is 7.32. The van der Waals surface area contributed by atoms with Crippen LogP contribution in [0.3, 0.4) is 0 Å². The number of ether oxygens (including phenoxy) is 1. The standard InChI is InChI=1S/C16H11F4N5O2/c17-11-6-5-8(14-23-15(13(21)26)25(22)24-14)7-10(11)9-3-1-2-4-12(9)27-16(18,19)20/h1-7H,22H2,(H2,21,26). The summed E-state index contributed by atoms with van der Waals surface area (Å²) >= 11 is 0. The highest BCUT2D eigenvalue weighted by Crippen LogP contribution is 2.36. The lowest BCUT2D eigenvalue weighted by Crippen LogP contribution is -2.23. The molecular weight excluding hydrogens is 370 g/mol. The van der Waals surface area contributed by atoms with Crippen LogP contribution in [0.25, 0.3) is 22.5 Å². The van der Waals surface area contributed by atoms with Crippen molar-refractivity contribution in [2.24, 2.45) is 5.73 Å². The lowest BCUT2D eigenvalue weighted by atomic mass is 10.0. The van der Waals surface area contributed by atoms with E-state index < -0.39 is 23.8 Å². The van der Waals surface area contributed by atoms with Crippen molar-refractivity contribution in [3.05, 3.63) is 54.1 Å². The summed E-state index contributed by atoms with van der Waals surface area (Å²) in [7, 11) is 0. The Labute approximate surface area is 149 Å². The number of halogens is 4. The van der Waals surface area contributed by atoms with Crippen LogP contribution in [0, 0.1) is 5.82 Å². The summed E-state index contributed by atoms with van der Waals surface area (Å²) in [6, 6.07) is 8.61. The quantitative estimate of drug-likeness (QED) is 0.533. The number of amides is 1. The van der Waals surface area contributed by atoms with Crippen molar-refractivity contribution in [2.45, 2.75) is 6.36 Å². The van der Waals surface area contributed by atoms with Gasteiger partial charge in [-0.25, -0.2) is 9.37 Å². The van der Waals surface area contributed by atoms with Crippen LogP contribution >= 0.6 is 0 Å². The van der Waals surface area contributed by atoms with Crippen molar-refractivity contribution >= 4 is 5.91 Å². The van der Waals surface area contributed by atoms with E-state index in [9.17, 15) is 22.4 Å². The molecule has 7 nitrogen and oxygen atoms in total. The second kappa shape index (κ2) is 6.59. The van der Waals surface area contributed by atoms with Gasteiger partial charge in [-0.15, -0.1) is 18.3 Å². The summed E-state index contributed by atoms with van der Waals surface area (Å²) in [6.45, 7) is 0. The Morgan fingerprint density at radius 1 is 1.11 bits per heavy atom. The average molecular weight is 381 g/mol. The summed E-state index contributed by atoms with van der Waals surface area (Å²) < 4.78 is 56.1. The zero-order valence-electron chi connectivity index (χ0n) is 13.4. The van der Waals surface area contributed by atoms with Gasteiger partial charge in [-0.1, -0.05) is 18.2 Å². The molecule has 0 saturated heterocycles. The first-order chi connectivity index (χ1) is 12.7. The normalized spacial score (nSPS) is 11.4. The van der Waals surface area contributed by atoms with Gasteiger partial charge in [0.05, 0.1) is 0 Å². The summed E-state index contributed by atoms with van der Waals surface area (Å²) in [4.78, 5) is 15.7. The topological polar surface area (TPSA) is 109 Å². The van der Waals surface area contributed by atoms with Gasteiger partial charge in [-0.05, 0) is 24.3 Å². The molecule has 1 heterocycles. The maximum atomic E-state index is 14.3. The Morgan fingerprint density at radius 2 is 1.81 bits per heavy atom. The number of hydrogen-bond donors (Lipinski definition) is 2. The third-order valence-corrected chi connectivity index (χ3v) is 3.48. The molecule has 4 N–H and O–H groups in total. The monoisotopic (exact) mass is 381 g/mol. The summed E-state index contributed by atoms with van der Waals surface area (Å²) in [5, 5.41) is 3.80. The molecule has 2 aromatic carbocycles. The Bertz CT molecular complexity index is 1020. The van der Waals surface area contributed by atoms with E-state index in [2.05, 4.69) is 14.8 Å². The third kappa shape index (κ3) is 3.81. The van der Waals surface area contributed by atoms with E-state index in [-0.39, 0.29) is 28.3 Å². The van der Waals surface area contributed by atoms with Crippen LogP contribution < -0.4 is 16.3 Å². The smallest absolute Gasteiger partial charge is 0.405 e. The molecule has 0 bridgehead atoms. The molecule has 3 aromatic rings. The van der Waals surface area contributed by atoms with Crippen molar-refractivity contribution in [3.8, 4) is 28.3 Å². The Morgan fingerprint density at radius 3 is 2.44 bits per heavy atom. The minimum absolute atomic E-state index is 0.0539. The fourth-order valence-corrected chi connectivity index (χ4v) is 2.39. The second-order valence-electron chi connectivity index (χ2n) is 5.31. The predicted molar refractivity (Wildman–Crippen MR) is 86.2 cm³/mol. The van der Waals surface area contributed by atoms with Gasteiger partial charge in [0.25, 0.3) is 5.91 Å². The fourth-order valence-electron chi connectivity index (χ4n) is 2.39. The molecule has 0 aliphatic heterocycles. The molecule has 27 heavy (non-hydrogen) atoms. The zero-order valence-corrected chi connectivity index (χ0v) is 13.4. The van der Waals surface area contributed by atoms with Gasteiger partial charge >= 0.3 is 6.36 Å². The van der Waals surface area contributed by atoms with Crippen LogP contribution in [0.1, 0.15) is 10.6 Å². The third-order valence-electron chi connectivity index (χ3n) is 3.48. The fraction of sp³-hybridized carbons (Fsp3) is 0.0625. The van der Waals surface area contributed by atoms with E-state index >= 15 is 0 Å². The molecule has 140 valence electrons. The van der Waals surface area contributed by atoms with Crippen LogP contribution in [0.4, 0.5) is 17.6 Å². The number of nitrogen functional groups attached to an aromatic ring is 1. The van der Waals surface area contributed by atoms with E-state index in [1.807, 2.05) is 0 Å². The number of aromatic nitrogens is 3. The van der Waals surface area contributed by atoms with E-state index in [1.165, 1.54) is 30.3 Å². The number of para-hydroxylation sites is 1. The summed E-state index contributed by atoms with van der Waals surface area (Å²) in [5.41, 5.74) is 5.01. The molecule has 0 atom stereocenters. The van der Waals surface area contributed by atoms with Crippen LogP contribution in [0.5, 0.6) is 5.75 Å². The molecule has 0 aliphatic rings. The molecule has 1 aromatic heterocycles. The molecule has 3 rings (SSSR count). The predicted octanol–water partition coefficient (Wildman–Crippen LogP) is 2.46. The SMILES string of the molecule is NC(=O)c1nc(-c2ccc(F)c(-c3ccccc3OC(F)(F)F)c2)nn1N. The molecular formula is C16H11F4N5O2. The summed E-state index contributed by atoms with van der Waals surface area (Å²) in [6.07, 6.45) is -4.94. The number of hydrogen-bond acceptors (Lipinski definition) is 5. The molecule has 0 fully saturated rings. The minimum Gasteiger partial charge on any atom is -0.405 e. The Kier molecular flexibility index (Phi) is 4.44. The highest BCUT2D eigenvalue weighted by atomic mass is 19.4. The second-order valence-corrected chi connectivity index (χ2v) is 5.31. The molecule has 0 aliphatic carbocycles. The van der Waals surface area contributed by atoms with Crippen molar-refractivity contribution in [1.29, 1.82) is 0 Å². The first kappa shape index (κ1) is 18.2. The van der Waals surface area contributed by atoms with E-state index in [0.29, 0.717) is 4.79 Å². The highest BCUT2D eigenvalue weighted by molar-refractivity contribution is 5.89. The molecule has 0 radical (unpaired) electrons. The van der Waals surface area contributed by atoms with E-state index in [1.54, 1.807) is 0 Å². The lowest BCUT2D eigenvalue weighted by molar-refractivity contribution is -0.274. The average Bonchev–Trinajstić information content (AvgIpc) is 2.97. The van der Waals surface area contributed by atoms with Gasteiger partial charge in [0.1, 0.15) is 11.6 Å². The van der Waals surface area contributed by atoms with Crippen molar-refractivity contribution in [1.82, 2.24) is 14.9 Å². The highest BCUT2D eigenvalue weighted by Gasteiger charge is 2.32. The molecule has 0 saturated carbocycles. The maximum absolute atomic E-state index is 14.3. The van der Waals surface area contributed by atoms with Gasteiger partial charge in [0.15, 0.2) is 5.82 Å². The van der Waals surface area contributed by atoms with E-state index in [4.69, 9.17) is 11.6 Å². The van der Waals surface area contributed by atoms with Crippen molar-refractivity contribution in [3.63, 3.8) is 0 Å². The lowest BCUT2D eigenvalue weighted by Gasteiger charge is -2.14. The van der Waals surface area contributed by atoms with Crippen LogP contribution in [0.2, 0.25) is 0 Å². The molecule has 11 heteroatoms. The number of nitrogens with two attached hydrogens (primary N) is 2. The van der Waals surface area contributed by atoms with Crippen LogP contribution in [-0.4, -0.2) is 27.1 Å². The Hall–Kier alpha value is -3.63. The van der Waals surface area contributed by atoms with Crippen LogP contribution in [0.15, 0.2) is 42.5 Å². The number of nitrogens with zero attached hydrogens (tertiary/aromatic N) is 3. The molecule has 0 spiro atoms. The van der Waals surface area contributed by atoms with Crippen molar-refractivity contribution < 1.29 is 27.1 Å². The minimum atomic E-state index is -4.94. The zero-order chi connectivity index (χ0) is 19.8. The number of benzene rings is 2. The number of rotatable bonds is 4. The largest absolute Gasteiger partial charge is 0.573 e. The Balaban J connectivity index is 2.10. The number of alkyl halides is 3. The number of primary amides is 1.